The van der Waals surface area contributed by atoms with E-state index in [0.717, 1.165) is 13.0 Å². The van der Waals surface area contributed by atoms with Gasteiger partial charge in [0.2, 0.25) is 0 Å². The summed E-state index contributed by atoms with van der Waals surface area (Å²) in [5.41, 5.74) is -2.02. The van der Waals surface area contributed by atoms with Crippen molar-refractivity contribution in [3.05, 3.63) is 29.0 Å². The van der Waals surface area contributed by atoms with E-state index in [-0.39, 0.29) is 10.8 Å². The first-order chi connectivity index (χ1) is 7.33. The minimum absolute atomic E-state index is 0.0580. The van der Waals surface area contributed by atoms with Crippen LogP contribution in [-0.4, -0.2) is 28.4 Å². The highest BCUT2D eigenvalue weighted by molar-refractivity contribution is 6.30. The third-order valence-electron chi connectivity index (χ3n) is 1.87. The summed E-state index contributed by atoms with van der Waals surface area (Å²) < 4.78 is 17.9. The van der Waals surface area contributed by atoms with Gasteiger partial charge in [-0.15, -0.1) is 0 Å². The van der Waals surface area contributed by atoms with E-state index in [2.05, 4.69) is 0 Å². The van der Waals surface area contributed by atoms with Crippen LogP contribution < -0.4 is 4.74 Å². The van der Waals surface area contributed by atoms with Gasteiger partial charge in [0.1, 0.15) is 18.2 Å². The van der Waals surface area contributed by atoms with Crippen molar-refractivity contribution in [1.29, 1.82) is 0 Å². The molecule has 0 aliphatic rings. The standard InChI is InChI=1S/C10H10ClFO4/c1-10(15,9(13)14)5-16-6-2-3-7(11)8(12)4-6/h2-4,15H,5H2,1H3,(H,13,14)/t10-/m1/s1. The van der Waals surface area contributed by atoms with E-state index in [1.165, 1.54) is 12.1 Å². The summed E-state index contributed by atoms with van der Waals surface area (Å²) in [4.78, 5) is 10.5. The Balaban J connectivity index is 2.68. The van der Waals surface area contributed by atoms with Gasteiger partial charge in [0.25, 0.3) is 0 Å². The summed E-state index contributed by atoms with van der Waals surface area (Å²) in [6, 6.07) is 3.67. The van der Waals surface area contributed by atoms with E-state index in [9.17, 15) is 14.3 Å². The molecule has 6 heteroatoms. The Labute approximate surface area is 96.2 Å². The molecule has 0 heterocycles. The van der Waals surface area contributed by atoms with E-state index in [4.69, 9.17) is 21.4 Å². The van der Waals surface area contributed by atoms with Gasteiger partial charge in [0.15, 0.2) is 5.60 Å². The van der Waals surface area contributed by atoms with Crippen molar-refractivity contribution in [1.82, 2.24) is 0 Å². The van der Waals surface area contributed by atoms with Crippen LogP contribution in [0.1, 0.15) is 6.92 Å². The molecule has 0 aliphatic heterocycles. The van der Waals surface area contributed by atoms with Crippen molar-refractivity contribution < 1.29 is 24.1 Å². The zero-order valence-electron chi connectivity index (χ0n) is 8.41. The van der Waals surface area contributed by atoms with Crippen LogP contribution >= 0.6 is 11.6 Å². The molecule has 1 atom stereocenters. The average molecular weight is 249 g/mol. The van der Waals surface area contributed by atoms with Gasteiger partial charge in [-0.05, 0) is 19.1 Å². The number of ether oxygens (including phenoxy) is 1. The number of rotatable bonds is 4. The van der Waals surface area contributed by atoms with Crippen LogP contribution in [0.3, 0.4) is 0 Å². The summed E-state index contributed by atoms with van der Waals surface area (Å²) in [5.74, 6) is -1.99. The van der Waals surface area contributed by atoms with Crippen molar-refractivity contribution in [3.63, 3.8) is 0 Å². The van der Waals surface area contributed by atoms with E-state index in [1.54, 1.807) is 0 Å². The lowest BCUT2D eigenvalue weighted by molar-refractivity contribution is -0.159. The fraction of sp³-hybridized carbons (Fsp3) is 0.300. The number of carbonyl (C=O) groups is 1. The van der Waals surface area contributed by atoms with Crippen LogP contribution in [0, 0.1) is 5.82 Å². The van der Waals surface area contributed by atoms with Crippen molar-refractivity contribution in [3.8, 4) is 5.75 Å². The summed E-state index contributed by atoms with van der Waals surface area (Å²) >= 11 is 5.45. The maximum atomic E-state index is 13.0. The highest BCUT2D eigenvalue weighted by atomic mass is 35.5. The first-order valence-electron chi connectivity index (χ1n) is 4.36. The number of halogens is 2. The van der Waals surface area contributed by atoms with Crippen LogP contribution in [0.2, 0.25) is 5.02 Å². The number of hydrogen-bond acceptors (Lipinski definition) is 3. The highest BCUT2D eigenvalue weighted by Crippen LogP contribution is 2.21. The third kappa shape index (κ3) is 3.08. The largest absolute Gasteiger partial charge is 0.490 e. The predicted molar refractivity (Wildman–Crippen MR) is 55.2 cm³/mol. The molecule has 0 saturated carbocycles. The van der Waals surface area contributed by atoms with E-state index < -0.39 is 24.0 Å². The van der Waals surface area contributed by atoms with Crippen molar-refractivity contribution in [2.45, 2.75) is 12.5 Å². The number of hydrogen-bond donors (Lipinski definition) is 2. The highest BCUT2D eigenvalue weighted by Gasteiger charge is 2.30. The van der Waals surface area contributed by atoms with Crippen LogP contribution in [0.5, 0.6) is 5.75 Å². The van der Waals surface area contributed by atoms with Crippen LogP contribution in [0.4, 0.5) is 4.39 Å². The van der Waals surface area contributed by atoms with Crippen LogP contribution in [-0.2, 0) is 4.79 Å². The Morgan fingerprint density at radius 2 is 2.25 bits per heavy atom. The van der Waals surface area contributed by atoms with Crippen LogP contribution in [0.25, 0.3) is 0 Å². The molecule has 0 spiro atoms. The lowest BCUT2D eigenvalue weighted by Gasteiger charge is -2.18. The second kappa shape index (κ2) is 4.67. The molecular weight excluding hydrogens is 239 g/mol. The lowest BCUT2D eigenvalue weighted by Crippen LogP contribution is -2.41. The zero-order valence-corrected chi connectivity index (χ0v) is 9.16. The zero-order chi connectivity index (χ0) is 12.3. The molecule has 0 saturated heterocycles. The Morgan fingerprint density at radius 3 is 2.75 bits per heavy atom. The first-order valence-corrected chi connectivity index (χ1v) is 4.74. The maximum Gasteiger partial charge on any atom is 0.339 e. The van der Waals surface area contributed by atoms with E-state index >= 15 is 0 Å². The molecule has 0 bridgehead atoms. The van der Waals surface area contributed by atoms with Gasteiger partial charge < -0.3 is 14.9 Å². The van der Waals surface area contributed by atoms with Crippen molar-refractivity contribution in [2.75, 3.05) is 6.61 Å². The number of aliphatic hydroxyl groups is 1. The Morgan fingerprint density at radius 1 is 1.62 bits per heavy atom. The minimum Gasteiger partial charge on any atom is -0.490 e. The lowest BCUT2D eigenvalue weighted by atomic mass is 10.1. The molecule has 0 amide bonds. The van der Waals surface area contributed by atoms with Gasteiger partial charge in [-0.2, -0.15) is 0 Å². The second-order valence-electron chi connectivity index (χ2n) is 3.44. The SMILES string of the molecule is C[C@@](O)(COc1ccc(Cl)c(F)c1)C(=O)O. The van der Waals surface area contributed by atoms with Gasteiger partial charge in [0.05, 0.1) is 5.02 Å². The number of aliphatic carboxylic acids is 1. The Bertz CT molecular complexity index is 406. The van der Waals surface area contributed by atoms with E-state index in [0.29, 0.717) is 0 Å². The monoisotopic (exact) mass is 248 g/mol. The third-order valence-corrected chi connectivity index (χ3v) is 2.18. The van der Waals surface area contributed by atoms with Gasteiger partial charge in [0, 0.05) is 6.07 Å². The molecule has 0 unspecified atom stereocenters. The molecule has 0 aliphatic carbocycles. The maximum absolute atomic E-state index is 13.0. The molecule has 1 aromatic rings. The van der Waals surface area contributed by atoms with Crippen LogP contribution in [0.15, 0.2) is 18.2 Å². The van der Waals surface area contributed by atoms with Gasteiger partial charge in [-0.1, -0.05) is 11.6 Å². The molecule has 0 aromatic heterocycles. The molecule has 16 heavy (non-hydrogen) atoms. The molecule has 1 aromatic carbocycles. The molecule has 2 N–H and O–H groups in total. The molecular formula is C10H10ClFO4. The number of carboxylic acids is 1. The summed E-state index contributed by atoms with van der Waals surface area (Å²) in [5, 5.41) is 17.9. The molecule has 88 valence electrons. The Hall–Kier alpha value is -1.33. The fourth-order valence-electron chi connectivity index (χ4n) is 0.852. The van der Waals surface area contributed by atoms with Gasteiger partial charge in [-0.3, -0.25) is 0 Å². The van der Waals surface area contributed by atoms with Gasteiger partial charge >= 0.3 is 5.97 Å². The fourth-order valence-corrected chi connectivity index (χ4v) is 0.970. The Kier molecular flexibility index (Phi) is 3.72. The summed E-state index contributed by atoms with van der Waals surface area (Å²) in [7, 11) is 0. The minimum atomic E-state index is -2.02. The van der Waals surface area contributed by atoms with E-state index in [1.807, 2.05) is 0 Å². The molecule has 0 radical (unpaired) electrons. The number of benzene rings is 1. The van der Waals surface area contributed by atoms with Crippen molar-refractivity contribution in [2.24, 2.45) is 0 Å². The molecule has 1 rings (SSSR count). The quantitative estimate of drug-likeness (QED) is 0.851. The second-order valence-corrected chi connectivity index (χ2v) is 3.85. The molecule has 0 fully saturated rings. The summed E-state index contributed by atoms with van der Waals surface area (Å²) in [6.07, 6.45) is 0. The smallest absolute Gasteiger partial charge is 0.339 e. The van der Waals surface area contributed by atoms with Crippen molar-refractivity contribution >= 4 is 17.6 Å². The normalized spacial score (nSPS) is 14.2. The van der Waals surface area contributed by atoms with Gasteiger partial charge in [-0.25, -0.2) is 9.18 Å². The topological polar surface area (TPSA) is 66.8 Å². The summed E-state index contributed by atoms with van der Waals surface area (Å²) in [6.45, 7) is 0.602. The number of carboxylic acid groups (broad SMARTS) is 1. The predicted octanol–water partition coefficient (Wildman–Crippen LogP) is 1.69. The first kappa shape index (κ1) is 12.7. The average Bonchev–Trinajstić information content (AvgIpc) is 2.20. The molecule has 4 nitrogen and oxygen atoms in total.